The molecule has 0 unspecified atom stereocenters. The lowest BCUT2D eigenvalue weighted by molar-refractivity contribution is 0.278. The Kier molecular flexibility index (Phi) is 3.98. The molecule has 1 N–H and O–H groups in total. The van der Waals surface area contributed by atoms with Crippen LogP contribution in [0.3, 0.4) is 0 Å². The van der Waals surface area contributed by atoms with Gasteiger partial charge in [-0.15, -0.1) is 11.3 Å². The molecule has 0 atom stereocenters. The minimum atomic E-state index is -0.0313. The van der Waals surface area contributed by atoms with Gasteiger partial charge in [0.25, 0.3) is 0 Å². The maximum absolute atomic E-state index is 9.05. The average Bonchev–Trinajstić information content (AvgIpc) is 3.16. The van der Waals surface area contributed by atoms with Gasteiger partial charge in [0, 0.05) is 17.1 Å². The number of thiazole rings is 1. The predicted molar refractivity (Wildman–Crippen MR) is 81.4 cm³/mol. The number of benzene rings is 1. The van der Waals surface area contributed by atoms with Crippen molar-refractivity contribution in [2.24, 2.45) is 0 Å². The molecule has 3 rings (SSSR count). The largest absolute Gasteiger partial charge is 0.497 e. The minimum Gasteiger partial charge on any atom is -0.497 e. The molecule has 21 heavy (non-hydrogen) atoms. The molecule has 0 spiro atoms. The van der Waals surface area contributed by atoms with Gasteiger partial charge in [0.15, 0.2) is 0 Å². The minimum absolute atomic E-state index is 0.0313. The van der Waals surface area contributed by atoms with Crippen molar-refractivity contribution in [3.05, 3.63) is 53.3 Å². The summed E-state index contributed by atoms with van der Waals surface area (Å²) in [6.45, 7) is 0.665. The lowest BCUT2D eigenvalue weighted by atomic mass is 10.2. The highest BCUT2D eigenvalue weighted by atomic mass is 32.1. The molecule has 0 bridgehead atoms. The van der Waals surface area contributed by atoms with Gasteiger partial charge in [-0.25, -0.2) is 4.98 Å². The standard InChI is InChI=1S/C15H15N3O2S/c1-20-14-4-2-11(3-5-14)7-18-8-12(6-16-18)15-17-13(9-19)10-21-15/h2-6,8,10,19H,7,9H2,1H3. The second kappa shape index (κ2) is 6.07. The Morgan fingerprint density at radius 3 is 2.76 bits per heavy atom. The summed E-state index contributed by atoms with van der Waals surface area (Å²) in [6, 6.07) is 7.92. The molecule has 108 valence electrons. The molecule has 0 fully saturated rings. The van der Waals surface area contributed by atoms with E-state index in [9.17, 15) is 0 Å². The number of rotatable bonds is 5. The van der Waals surface area contributed by atoms with E-state index in [-0.39, 0.29) is 6.61 Å². The van der Waals surface area contributed by atoms with Crippen LogP contribution < -0.4 is 4.74 Å². The molecule has 2 heterocycles. The Bertz CT molecular complexity index is 719. The van der Waals surface area contributed by atoms with Crippen molar-refractivity contribution in [3.8, 4) is 16.3 Å². The molecular weight excluding hydrogens is 286 g/mol. The van der Waals surface area contributed by atoms with E-state index in [0.29, 0.717) is 12.2 Å². The predicted octanol–water partition coefficient (Wildman–Crippen LogP) is 2.56. The van der Waals surface area contributed by atoms with Crippen molar-refractivity contribution in [2.75, 3.05) is 7.11 Å². The van der Waals surface area contributed by atoms with E-state index >= 15 is 0 Å². The van der Waals surface area contributed by atoms with Gasteiger partial charge >= 0.3 is 0 Å². The van der Waals surface area contributed by atoms with Crippen LogP contribution >= 0.6 is 11.3 Å². The van der Waals surface area contributed by atoms with E-state index in [1.54, 1.807) is 13.3 Å². The van der Waals surface area contributed by atoms with Crippen LogP contribution in [0.15, 0.2) is 42.0 Å². The SMILES string of the molecule is COc1ccc(Cn2cc(-c3nc(CO)cs3)cn2)cc1. The first kappa shape index (κ1) is 13.8. The molecular formula is C15H15N3O2S. The highest BCUT2D eigenvalue weighted by Gasteiger charge is 2.07. The summed E-state index contributed by atoms with van der Waals surface area (Å²) in [4.78, 5) is 4.34. The number of aromatic nitrogens is 3. The summed E-state index contributed by atoms with van der Waals surface area (Å²) in [5.74, 6) is 0.847. The van der Waals surface area contributed by atoms with Gasteiger partial charge < -0.3 is 9.84 Å². The van der Waals surface area contributed by atoms with Crippen molar-refractivity contribution in [1.29, 1.82) is 0 Å². The van der Waals surface area contributed by atoms with Gasteiger partial charge in [0.2, 0.25) is 0 Å². The third-order valence-electron chi connectivity index (χ3n) is 3.10. The van der Waals surface area contributed by atoms with Gasteiger partial charge in [-0.2, -0.15) is 5.10 Å². The van der Waals surface area contributed by atoms with E-state index in [4.69, 9.17) is 9.84 Å². The molecule has 0 aliphatic heterocycles. The summed E-state index contributed by atoms with van der Waals surface area (Å²) in [5.41, 5.74) is 2.81. The molecule has 0 amide bonds. The summed E-state index contributed by atoms with van der Waals surface area (Å²) in [7, 11) is 1.66. The van der Waals surface area contributed by atoms with E-state index in [1.165, 1.54) is 11.3 Å². The van der Waals surface area contributed by atoms with Crippen molar-refractivity contribution in [2.45, 2.75) is 13.2 Å². The van der Waals surface area contributed by atoms with Crippen LogP contribution in [0.25, 0.3) is 10.6 Å². The Hall–Kier alpha value is -2.18. The number of aliphatic hydroxyl groups is 1. The fourth-order valence-electron chi connectivity index (χ4n) is 1.99. The molecule has 6 heteroatoms. The molecule has 0 aliphatic carbocycles. The number of nitrogens with zero attached hydrogens (tertiary/aromatic N) is 3. The van der Waals surface area contributed by atoms with Crippen LogP contribution in [0.1, 0.15) is 11.3 Å². The number of hydrogen-bond donors (Lipinski definition) is 1. The van der Waals surface area contributed by atoms with Gasteiger partial charge in [0.05, 0.1) is 32.2 Å². The van der Waals surface area contributed by atoms with Crippen molar-refractivity contribution >= 4 is 11.3 Å². The van der Waals surface area contributed by atoms with Crippen molar-refractivity contribution in [3.63, 3.8) is 0 Å². The number of methoxy groups -OCH3 is 1. The highest BCUT2D eigenvalue weighted by Crippen LogP contribution is 2.23. The summed E-state index contributed by atoms with van der Waals surface area (Å²) < 4.78 is 7.02. The van der Waals surface area contributed by atoms with Crippen molar-refractivity contribution in [1.82, 2.24) is 14.8 Å². The molecule has 0 saturated heterocycles. The maximum Gasteiger partial charge on any atom is 0.126 e. The third kappa shape index (κ3) is 3.12. The second-order valence-electron chi connectivity index (χ2n) is 4.58. The molecule has 0 aliphatic rings. The van der Waals surface area contributed by atoms with Gasteiger partial charge in [-0.3, -0.25) is 4.68 Å². The number of hydrogen-bond acceptors (Lipinski definition) is 5. The van der Waals surface area contributed by atoms with E-state index in [1.807, 2.05) is 40.5 Å². The highest BCUT2D eigenvalue weighted by molar-refractivity contribution is 7.13. The van der Waals surface area contributed by atoms with Gasteiger partial charge in [0.1, 0.15) is 10.8 Å². The van der Waals surface area contributed by atoms with Crippen LogP contribution in [0, 0.1) is 0 Å². The lowest BCUT2D eigenvalue weighted by Crippen LogP contribution is -1.99. The first-order chi connectivity index (χ1) is 10.3. The van der Waals surface area contributed by atoms with Gasteiger partial charge in [-0.1, -0.05) is 12.1 Å². The first-order valence-corrected chi connectivity index (χ1v) is 7.37. The fraction of sp³-hybridized carbons (Fsp3) is 0.200. The van der Waals surface area contributed by atoms with Crippen molar-refractivity contribution < 1.29 is 9.84 Å². The first-order valence-electron chi connectivity index (χ1n) is 6.49. The normalized spacial score (nSPS) is 10.8. The Balaban J connectivity index is 1.74. The Morgan fingerprint density at radius 1 is 1.29 bits per heavy atom. The zero-order chi connectivity index (χ0) is 14.7. The molecule has 0 radical (unpaired) electrons. The third-order valence-corrected chi connectivity index (χ3v) is 4.04. The van der Waals surface area contributed by atoms with E-state index < -0.39 is 0 Å². The molecule has 0 saturated carbocycles. The topological polar surface area (TPSA) is 60.2 Å². The lowest BCUT2D eigenvalue weighted by Gasteiger charge is -2.03. The second-order valence-corrected chi connectivity index (χ2v) is 5.43. The Labute approximate surface area is 126 Å². The van der Waals surface area contributed by atoms with Crippen LogP contribution in [0.2, 0.25) is 0 Å². The van der Waals surface area contributed by atoms with Gasteiger partial charge in [-0.05, 0) is 17.7 Å². The molecule has 1 aromatic carbocycles. The number of aliphatic hydroxyl groups excluding tert-OH is 1. The molecule has 5 nitrogen and oxygen atoms in total. The summed E-state index contributed by atoms with van der Waals surface area (Å²) in [6.07, 6.45) is 3.76. The summed E-state index contributed by atoms with van der Waals surface area (Å²) in [5, 5.41) is 16.1. The zero-order valence-corrected chi connectivity index (χ0v) is 12.4. The Morgan fingerprint density at radius 2 is 2.10 bits per heavy atom. The fourth-order valence-corrected chi connectivity index (χ4v) is 2.78. The molecule has 3 aromatic rings. The van der Waals surface area contributed by atoms with E-state index in [0.717, 1.165) is 21.9 Å². The monoisotopic (exact) mass is 301 g/mol. The van der Waals surface area contributed by atoms with Crippen LogP contribution in [0.4, 0.5) is 0 Å². The average molecular weight is 301 g/mol. The quantitative estimate of drug-likeness (QED) is 0.787. The summed E-state index contributed by atoms with van der Waals surface area (Å²) >= 11 is 1.51. The molecule has 2 aromatic heterocycles. The number of ether oxygens (including phenoxy) is 1. The smallest absolute Gasteiger partial charge is 0.126 e. The maximum atomic E-state index is 9.05. The van der Waals surface area contributed by atoms with E-state index in [2.05, 4.69) is 10.1 Å². The van der Waals surface area contributed by atoms with Crippen LogP contribution in [-0.4, -0.2) is 27.0 Å². The van der Waals surface area contributed by atoms with Crippen LogP contribution in [-0.2, 0) is 13.2 Å². The van der Waals surface area contributed by atoms with Crippen LogP contribution in [0.5, 0.6) is 5.75 Å². The zero-order valence-electron chi connectivity index (χ0n) is 11.6.